The van der Waals surface area contributed by atoms with Gasteiger partial charge in [0.1, 0.15) is 0 Å². The molecule has 3 nitrogen and oxygen atoms in total. The van der Waals surface area contributed by atoms with Crippen molar-refractivity contribution in [3.63, 3.8) is 0 Å². The van der Waals surface area contributed by atoms with Crippen molar-refractivity contribution in [2.75, 3.05) is 18.4 Å². The summed E-state index contributed by atoms with van der Waals surface area (Å²) in [6.45, 7) is 12.7. The van der Waals surface area contributed by atoms with Crippen molar-refractivity contribution in [1.82, 2.24) is 4.90 Å². The van der Waals surface area contributed by atoms with E-state index in [-0.39, 0.29) is 5.91 Å². The molecule has 0 saturated heterocycles. The van der Waals surface area contributed by atoms with Gasteiger partial charge in [-0.05, 0) is 51.4 Å². The molecule has 0 aliphatic carbocycles. The molecule has 0 spiro atoms. The number of amides is 1. The molecule has 0 fully saturated rings. The van der Waals surface area contributed by atoms with Crippen LogP contribution in [0.1, 0.15) is 44.7 Å². The summed E-state index contributed by atoms with van der Waals surface area (Å²) in [5.41, 5.74) is 3.21. The Hall–Kier alpha value is -1.35. The minimum atomic E-state index is 0.112. The molecule has 0 aliphatic rings. The summed E-state index contributed by atoms with van der Waals surface area (Å²) in [6, 6.07) is 6.53. The highest BCUT2D eigenvalue weighted by molar-refractivity contribution is 5.92. The second kappa shape index (κ2) is 8.05. The van der Waals surface area contributed by atoms with Gasteiger partial charge in [-0.2, -0.15) is 0 Å². The number of benzene rings is 1. The normalized spacial score (nSPS) is 12.5. The van der Waals surface area contributed by atoms with Crippen molar-refractivity contribution < 1.29 is 4.79 Å². The second-order valence-corrected chi connectivity index (χ2v) is 5.42. The zero-order valence-corrected chi connectivity index (χ0v) is 13.5. The van der Waals surface area contributed by atoms with Gasteiger partial charge in [0.15, 0.2) is 0 Å². The molecule has 0 heterocycles. The van der Waals surface area contributed by atoms with E-state index in [2.05, 4.69) is 31.0 Å². The molecule has 0 aromatic heterocycles. The number of rotatable bonds is 7. The first-order chi connectivity index (χ1) is 9.49. The van der Waals surface area contributed by atoms with Gasteiger partial charge in [-0.1, -0.05) is 32.0 Å². The van der Waals surface area contributed by atoms with Crippen molar-refractivity contribution in [2.24, 2.45) is 0 Å². The first kappa shape index (κ1) is 16.7. The van der Waals surface area contributed by atoms with Crippen LogP contribution in [0.15, 0.2) is 18.2 Å². The molecule has 0 saturated carbocycles. The largest absolute Gasteiger partial charge is 0.326 e. The summed E-state index contributed by atoms with van der Waals surface area (Å²) in [6.07, 6.45) is 1.48. The van der Waals surface area contributed by atoms with Crippen LogP contribution in [0.2, 0.25) is 0 Å². The number of aryl methyl sites for hydroxylation is 2. The summed E-state index contributed by atoms with van der Waals surface area (Å²) in [7, 11) is 0. The first-order valence-corrected chi connectivity index (χ1v) is 7.59. The fourth-order valence-electron chi connectivity index (χ4n) is 2.58. The van der Waals surface area contributed by atoms with Crippen LogP contribution in [0, 0.1) is 13.8 Å². The lowest BCUT2D eigenvalue weighted by Gasteiger charge is -2.26. The van der Waals surface area contributed by atoms with E-state index in [0.29, 0.717) is 12.5 Å². The maximum absolute atomic E-state index is 12.1. The number of hydrogen-bond acceptors (Lipinski definition) is 2. The van der Waals surface area contributed by atoms with Crippen LogP contribution in [0.5, 0.6) is 0 Å². The molecule has 1 aromatic rings. The monoisotopic (exact) mass is 276 g/mol. The standard InChI is InChI=1S/C17H28N2O/c1-6-19(7-2)15(5)11-12-16(20)18-17-13(3)9-8-10-14(17)4/h8-10,15H,6-7,11-12H2,1-5H3,(H,18,20)/t15-/m0/s1. The number of carbonyl (C=O) groups excluding carboxylic acids is 1. The van der Waals surface area contributed by atoms with Crippen LogP contribution >= 0.6 is 0 Å². The van der Waals surface area contributed by atoms with Crippen LogP contribution in [0.3, 0.4) is 0 Å². The molecular weight excluding hydrogens is 248 g/mol. The Labute approximate surface area is 123 Å². The molecule has 0 unspecified atom stereocenters. The van der Waals surface area contributed by atoms with Crippen LogP contribution in [-0.4, -0.2) is 29.9 Å². The predicted octanol–water partition coefficient (Wildman–Crippen LogP) is 3.75. The zero-order valence-electron chi connectivity index (χ0n) is 13.5. The highest BCUT2D eigenvalue weighted by Gasteiger charge is 2.13. The summed E-state index contributed by atoms with van der Waals surface area (Å²) in [5.74, 6) is 0.112. The van der Waals surface area contributed by atoms with Crippen molar-refractivity contribution in [1.29, 1.82) is 0 Å². The SMILES string of the molecule is CCN(CC)[C@@H](C)CCC(=O)Nc1c(C)cccc1C. The van der Waals surface area contributed by atoms with Crippen molar-refractivity contribution in [2.45, 2.75) is 53.5 Å². The maximum atomic E-state index is 12.1. The molecule has 20 heavy (non-hydrogen) atoms. The molecule has 1 rings (SSSR count). The van der Waals surface area contributed by atoms with E-state index >= 15 is 0 Å². The van der Waals surface area contributed by atoms with Gasteiger partial charge < -0.3 is 10.2 Å². The maximum Gasteiger partial charge on any atom is 0.224 e. The first-order valence-electron chi connectivity index (χ1n) is 7.59. The third-order valence-corrected chi connectivity index (χ3v) is 3.97. The Balaban J connectivity index is 2.52. The average Bonchev–Trinajstić information content (AvgIpc) is 2.42. The number of hydrogen-bond donors (Lipinski definition) is 1. The molecule has 0 bridgehead atoms. The zero-order chi connectivity index (χ0) is 15.1. The molecule has 1 amide bonds. The number of carbonyl (C=O) groups is 1. The lowest BCUT2D eigenvalue weighted by molar-refractivity contribution is -0.116. The second-order valence-electron chi connectivity index (χ2n) is 5.42. The van der Waals surface area contributed by atoms with E-state index in [0.717, 1.165) is 36.3 Å². The molecule has 1 atom stereocenters. The molecular formula is C17H28N2O. The molecule has 1 N–H and O–H groups in total. The Morgan fingerprint density at radius 1 is 1.20 bits per heavy atom. The third kappa shape index (κ3) is 4.64. The molecule has 0 aliphatic heterocycles. The van der Waals surface area contributed by atoms with Gasteiger partial charge in [-0.3, -0.25) is 4.79 Å². The summed E-state index contributed by atoms with van der Waals surface area (Å²) in [4.78, 5) is 14.5. The van der Waals surface area contributed by atoms with Crippen molar-refractivity contribution >= 4 is 11.6 Å². The van der Waals surface area contributed by atoms with E-state index in [1.165, 1.54) is 0 Å². The van der Waals surface area contributed by atoms with Gasteiger partial charge in [0, 0.05) is 18.2 Å². The van der Waals surface area contributed by atoms with Crippen LogP contribution in [0.4, 0.5) is 5.69 Å². The topological polar surface area (TPSA) is 32.3 Å². The highest BCUT2D eigenvalue weighted by Crippen LogP contribution is 2.20. The van der Waals surface area contributed by atoms with Crippen molar-refractivity contribution in [3.05, 3.63) is 29.3 Å². The number of anilines is 1. The Bertz CT molecular complexity index is 418. The summed E-state index contributed by atoms with van der Waals surface area (Å²) in [5, 5.41) is 3.05. The Kier molecular flexibility index (Phi) is 6.73. The minimum Gasteiger partial charge on any atom is -0.326 e. The molecule has 1 aromatic carbocycles. The fourth-order valence-corrected chi connectivity index (χ4v) is 2.58. The van der Waals surface area contributed by atoms with Crippen LogP contribution < -0.4 is 5.32 Å². The summed E-state index contributed by atoms with van der Waals surface area (Å²) < 4.78 is 0. The van der Waals surface area contributed by atoms with Gasteiger partial charge in [0.2, 0.25) is 5.91 Å². The van der Waals surface area contributed by atoms with Gasteiger partial charge in [0.05, 0.1) is 0 Å². The van der Waals surface area contributed by atoms with Crippen molar-refractivity contribution in [3.8, 4) is 0 Å². The quantitative estimate of drug-likeness (QED) is 0.822. The third-order valence-electron chi connectivity index (χ3n) is 3.97. The Morgan fingerprint density at radius 3 is 2.25 bits per heavy atom. The Morgan fingerprint density at radius 2 is 1.75 bits per heavy atom. The molecule has 3 heteroatoms. The van der Waals surface area contributed by atoms with E-state index < -0.39 is 0 Å². The number of nitrogens with zero attached hydrogens (tertiary/aromatic N) is 1. The predicted molar refractivity (Wildman–Crippen MR) is 86.2 cm³/mol. The fraction of sp³-hybridized carbons (Fsp3) is 0.588. The lowest BCUT2D eigenvalue weighted by atomic mass is 10.1. The number of para-hydroxylation sites is 1. The molecule has 112 valence electrons. The van der Waals surface area contributed by atoms with E-state index in [4.69, 9.17) is 0 Å². The number of nitrogens with one attached hydrogen (secondary N) is 1. The van der Waals surface area contributed by atoms with Gasteiger partial charge in [-0.25, -0.2) is 0 Å². The highest BCUT2D eigenvalue weighted by atomic mass is 16.1. The molecule has 0 radical (unpaired) electrons. The van der Waals surface area contributed by atoms with Gasteiger partial charge >= 0.3 is 0 Å². The van der Waals surface area contributed by atoms with E-state index in [1.54, 1.807) is 0 Å². The van der Waals surface area contributed by atoms with Crippen LogP contribution in [0.25, 0.3) is 0 Å². The lowest BCUT2D eigenvalue weighted by Crippen LogP contribution is -2.33. The van der Waals surface area contributed by atoms with Gasteiger partial charge in [-0.15, -0.1) is 0 Å². The van der Waals surface area contributed by atoms with Gasteiger partial charge in [0.25, 0.3) is 0 Å². The average molecular weight is 276 g/mol. The summed E-state index contributed by atoms with van der Waals surface area (Å²) >= 11 is 0. The smallest absolute Gasteiger partial charge is 0.224 e. The van der Waals surface area contributed by atoms with E-state index in [9.17, 15) is 4.79 Å². The van der Waals surface area contributed by atoms with Crippen LogP contribution in [-0.2, 0) is 4.79 Å². The minimum absolute atomic E-state index is 0.112. The van der Waals surface area contributed by atoms with E-state index in [1.807, 2.05) is 32.0 Å².